The molecule has 13 heavy (non-hydrogen) atoms. The Balaban J connectivity index is 2.59. The molecular weight excluding hydrogens is 174 g/mol. The second-order valence-corrected chi connectivity index (χ2v) is 9.50. The number of nitrogens with zero attached hydrogens (tertiary/aromatic N) is 1. The molecule has 0 saturated carbocycles. The van der Waals surface area contributed by atoms with Gasteiger partial charge in [0.2, 0.25) is 0 Å². The van der Waals surface area contributed by atoms with E-state index in [2.05, 4.69) is 36.9 Å². The predicted octanol–water partition coefficient (Wildman–Crippen LogP) is 3.60. The van der Waals surface area contributed by atoms with E-state index in [-0.39, 0.29) is 0 Å². The van der Waals surface area contributed by atoms with Crippen LogP contribution in [0.2, 0.25) is 19.1 Å². The third-order valence-corrected chi connectivity index (χ3v) is 6.86. The van der Waals surface area contributed by atoms with Crippen LogP contribution in [0.3, 0.4) is 0 Å². The van der Waals surface area contributed by atoms with Crippen molar-refractivity contribution in [2.75, 3.05) is 6.54 Å². The van der Waals surface area contributed by atoms with Gasteiger partial charge in [-0.3, -0.25) is 0 Å². The normalized spacial score (nSPS) is 22.2. The van der Waals surface area contributed by atoms with E-state index in [9.17, 15) is 0 Å². The second kappa shape index (κ2) is 4.84. The van der Waals surface area contributed by atoms with Crippen molar-refractivity contribution < 1.29 is 0 Å². The molecule has 0 aromatic heterocycles. The Hall–Kier alpha value is -0.243. The molecule has 1 aliphatic rings. The summed E-state index contributed by atoms with van der Waals surface area (Å²) in [6.07, 6.45) is 10.2. The van der Waals surface area contributed by atoms with Crippen LogP contribution in [0.15, 0.2) is 12.3 Å². The number of allylic oxidation sites excluding steroid dienone is 1. The highest BCUT2D eigenvalue weighted by molar-refractivity contribution is 6.74. The Morgan fingerprint density at radius 1 is 1.23 bits per heavy atom. The van der Waals surface area contributed by atoms with Gasteiger partial charge in [0.1, 0.15) is 8.24 Å². The highest BCUT2D eigenvalue weighted by atomic mass is 28.3. The molecule has 1 nitrogen and oxygen atoms in total. The molecule has 0 atom stereocenters. The Bertz CT molecular complexity index is 175. The summed E-state index contributed by atoms with van der Waals surface area (Å²) in [6.45, 7) is 8.57. The second-order valence-electron chi connectivity index (χ2n) is 4.59. The van der Waals surface area contributed by atoms with Gasteiger partial charge in [-0.05, 0) is 31.5 Å². The van der Waals surface area contributed by atoms with E-state index >= 15 is 0 Å². The summed E-state index contributed by atoms with van der Waals surface area (Å²) in [5.74, 6) is 0. The van der Waals surface area contributed by atoms with Crippen LogP contribution < -0.4 is 0 Å². The molecule has 0 bridgehead atoms. The fraction of sp³-hybridized carbons (Fsp3) is 0.818. The predicted molar refractivity (Wildman–Crippen MR) is 62.3 cm³/mol. The van der Waals surface area contributed by atoms with Crippen molar-refractivity contribution in [2.45, 2.75) is 51.7 Å². The lowest BCUT2D eigenvalue weighted by Gasteiger charge is -2.36. The van der Waals surface area contributed by atoms with Crippen LogP contribution >= 0.6 is 0 Å². The molecule has 0 amide bonds. The lowest BCUT2D eigenvalue weighted by atomic mass is 10.2. The molecule has 0 aliphatic carbocycles. The standard InChI is InChI=1S/C11H23NSi/c1-4-13(2,3)12-10-8-6-5-7-9-11-12/h8,10H,4-7,9,11H2,1-3H3/b10-8-. The SMILES string of the molecule is CC[Si](C)(C)N1/C=C\CCCCC1. The Morgan fingerprint density at radius 3 is 2.69 bits per heavy atom. The highest BCUT2D eigenvalue weighted by Crippen LogP contribution is 2.18. The summed E-state index contributed by atoms with van der Waals surface area (Å²) >= 11 is 0. The third-order valence-electron chi connectivity index (χ3n) is 3.20. The first-order valence-corrected chi connectivity index (χ1v) is 8.75. The van der Waals surface area contributed by atoms with Gasteiger partial charge in [-0.1, -0.05) is 32.5 Å². The quantitative estimate of drug-likeness (QED) is 0.611. The van der Waals surface area contributed by atoms with Gasteiger partial charge in [-0.2, -0.15) is 0 Å². The summed E-state index contributed by atoms with van der Waals surface area (Å²) in [6, 6.07) is 1.36. The van der Waals surface area contributed by atoms with E-state index in [0.29, 0.717) is 0 Å². The van der Waals surface area contributed by atoms with Gasteiger partial charge in [-0.15, -0.1) is 0 Å². The van der Waals surface area contributed by atoms with Gasteiger partial charge < -0.3 is 4.57 Å². The first-order chi connectivity index (χ1) is 6.17. The maximum Gasteiger partial charge on any atom is 0.149 e. The first kappa shape index (κ1) is 10.8. The zero-order valence-corrected chi connectivity index (χ0v) is 10.3. The molecule has 0 radical (unpaired) electrons. The summed E-state index contributed by atoms with van der Waals surface area (Å²) in [5, 5.41) is 0. The molecule has 76 valence electrons. The zero-order valence-electron chi connectivity index (χ0n) is 9.34. The van der Waals surface area contributed by atoms with Gasteiger partial charge in [0.25, 0.3) is 0 Å². The van der Waals surface area contributed by atoms with Crippen LogP contribution in [0.4, 0.5) is 0 Å². The van der Waals surface area contributed by atoms with Gasteiger partial charge in [0.05, 0.1) is 0 Å². The van der Waals surface area contributed by atoms with Gasteiger partial charge >= 0.3 is 0 Å². The molecule has 0 unspecified atom stereocenters. The van der Waals surface area contributed by atoms with E-state index in [1.807, 2.05) is 0 Å². The minimum atomic E-state index is -1.08. The lowest BCUT2D eigenvalue weighted by Crippen LogP contribution is -2.45. The largest absolute Gasteiger partial charge is 0.404 e. The maximum absolute atomic E-state index is 2.64. The summed E-state index contributed by atoms with van der Waals surface area (Å²) < 4.78 is 2.64. The van der Waals surface area contributed by atoms with Crippen molar-refractivity contribution in [2.24, 2.45) is 0 Å². The van der Waals surface area contributed by atoms with Gasteiger partial charge in [-0.25, -0.2) is 0 Å². The summed E-state index contributed by atoms with van der Waals surface area (Å²) in [5.41, 5.74) is 0. The molecule has 1 heterocycles. The van der Waals surface area contributed by atoms with Crippen LogP contribution in [-0.4, -0.2) is 19.3 Å². The number of hydrogen-bond donors (Lipinski definition) is 0. The van der Waals surface area contributed by atoms with Crippen molar-refractivity contribution >= 4 is 8.24 Å². The Kier molecular flexibility index (Phi) is 4.04. The van der Waals surface area contributed by atoms with E-state index in [1.54, 1.807) is 0 Å². The van der Waals surface area contributed by atoms with Crippen molar-refractivity contribution in [1.29, 1.82) is 0 Å². The third kappa shape index (κ3) is 3.18. The van der Waals surface area contributed by atoms with E-state index in [4.69, 9.17) is 0 Å². The molecular formula is C11H23NSi. The van der Waals surface area contributed by atoms with Crippen LogP contribution in [0.1, 0.15) is 32.6 Å². The van der Waals surface area contributed by atoms with Crippen molar-refractivity contribution in [3.05, 3.63) is 12.3 Å². The molecule has 0 fully saturated rings. The smallest absolute Gasteiger partial charge is 0.149 e. The molecule has 1 aliphatic heterocycles. The fourth-order valence-corrected chi connectivity index (χ4v) is 3.38. The monoisotopic (exact) mass is 197 g/mol. The van der Waals surface area contributed by atoms with Gasteiger partial charge in [0.15, 0.2) is 0 Å². The molecule has 0 spiro atoms. The van der Waals surface area contributed by atoms with Crippen LogP contribution in [0.5, 0.6) is 0 Å². The maximum atomic E-state index is 2.64. The Morgan fingerprint density at radius 2 is 2.00 bits per heavy atom. The average Bonchev–Trinajstić information content (AvgIpc) is 2.03. The minimum absolute atomic E-state index is 1.08. The molecule has 0 aromatic carbocycles. The van der Waals surface area contributed by atoms with Crippen molar-refractivity contribution in [1.82, 2.24) is 4.57 Å². The van der Waals surface area contributed by atoms with E-state index < -0.39 is 8.24 Å². The van der Waals surface area contributed by atoms with Gasteiger partial charge in [0, 0.05) is 6.54 Å². The van der Waals surface area contributed by atoms with Crippen LogP contribution in [0.25, 0.3) is 0 Å². The summed E-state index contributed by atoms with van der Waals surface area (Å²) in [7, 11) is -1.08. The summed E-state index contributed by atoms with van der Waals surface area (Å²) in [4.78, 5) is 0. The first-order valence-electron chi connectivity index (χ1n) is 5.60. The van der Waals surface area contributed by atoms with Crippen LogP contribution in [-0.2, 0) is 0 Å². The minimum Gasteiger partial charge on any atom is -0.404 e. The van der Waals surface area contributed by atoms with Crippen LogP contribution in [0, 0.1) is 0 Å². The van der Waals surface area contributed by atoms with Crippen molar-refractivity contribution in [3.8, 4) is 0 Å². The fourth-order valence-electron chi connectivity index (χ4n) is 1.70. The molecule has 0 aromatic rings. The molecule has 0 saturated heterocycles. The average molecular weight is 197 g/mol. The molecule has 2 heteroatoms. The van der Waals surface area contributed by atoms with E-state index in [1.165, 1.54) is 38.3 Å². The lowest BCUT2D eigenvalue weighted by molar-refractivity contribution is 0.496. The highest BCUT2D eigenvalue weighted by Gasteiger charge is 2.24. The topological polar surface area (TPSA) is 3.24 Å². The molecule has 0 N–H and O–H groups in total. The van der Waals surface area contributed by atoms with E-state index in [0.717, 1.165) is 0 Å². The Labute approximate surface area is 83.9 Å². The number of rotatable bonds is 2. The molecule has 1 rings (SSSR count). The number of hydrogen-bond acceptors (Lipinski definition) is 1. The van der Waals surface area contributed by atoms with Crippen molar-refractivity contribution in [3.63, 3.8) is 0 Å². The zero-order chi connectivity index (χ0) is 9.73.